The fourth-order valence-corrected chi connectivity index (χ4v) is 7.50. The summed E-state index contributed by atoms with van der Waals surface area (Å²) < 4.78 is 10.6. The van der Waals surface area contributed by atoms with Gasteiger partial charge in [-0.25, -0.2) is 0 Å². The Morgan fingerprint density at radius 3 is 0.830 bits per heavy atom. The minimum atomic E-state index is -0.762. The second kappa shape index (κ2) is 45.3. The summed E-state index contributed by atoms with van der Waals surface area (Å²) >= 11 is 0. The lowest BCUT2D eigenvalue weighted by Gasteiger charge is -2.15. The summed E-state index contributed by atoms with van der Waals surface area (Å²) in [5, 5.41) is 9.58. The van der Waals surface area contributed by atoms with Crippen LogP contribution in [0.2, 0.25) is 0 Å². The van der Waals surface area contributed by atoms with E-state index in [1.807, 2.05) is 0 Å². The molecule has 5 nitrogen and oxygen atoms in total. The van der Waals surface area contributed by atoms with E-state index in [1.165, 1.54) is 218 Å². The van der Waals surface area contributed by atoms with E-state index in [9.17, 15) is 14.7 Å². The highest BCUT2D eigenvalue weighted by molar-refractivity contribution is 5.70. The molecule has 1 unspecified atom stereocenters. The Kier molecular flexibility index (Phi) is 44.4. The van der Waals surface area contributed by atoms with E-state index in [0.717, 1.165) is 32.1 Å². The van der Waals surface area contributed by atoms with E-state index < -0.39 is 6.10 Å². The highest BCUT2D eigenvalue weighted by atomic mass is 16.6. The van der Waals surface area contributed by atoms with Gasteiger partial charge in [0.2, 0.25) is 0 Å². The molecular weight excluding hydrogens is 657 g/mol. The fourth-order valence-electron chi connectivity index (χ4n) is 7.50. The molecule has 53 heavy (non-hydrogen) atoms. The molecule has 0 bridgehead atoms. The van der Waals surface area contributed by atoms with Crippen molar-refractivity contribution in [2.24, 2.45) is 0 Å². The normalized spacial score (nSPS) is 12.0. The molecule has 5 heteroatoms. The molecule has 0 aromatic rings. The zero-order chi connectivity index (χ0) is 38.6. The Bertz CT molecular complexity index is 725. The number of carbonyl (C=O) groups is 2. The van der Waals surface area contributed by atoms with Crippen molar-refractivity contribution >= 4 is 11.9 Å². The van der Waals surface area contributed by atoms with Crippen molar-refractivity contribution in [1.82, 2.24) is 0 Å². The molecule has 0 heterocycles. The van der Waals surface area contributed by atoms with Crippen LogP contribution in [0.15, 0.2) is 0 Å². The van der Waals surface area contributed by atoms with Crippen molar-refractivity contribution < 1.29 is 24.2 Å². The molecule has 0 saturated carbocycles. The van der Waals surface area contributed by atoms with Crippen molar-refractivity contribution in [3.8, 4) is 0 Å². The van der Waals surface area contributed by atoms with Crippen LogP contribution in [0.5, 0.6) is 0 Å². The Balaban J connectivity index is 3.39. The van der Waals surface area contributed by atoms with Crippen molar-refractivity contribution in [2.45, 2.75) is 283 Å². The lowest BCUT2D eigenvalue weighted by atomic mass is 10.0. The van der Waals surface area contributed by atoms with Crippen molar-refractivity contribution in [3.05, 3.63) is 0 Å². The number of aliphatic hydroxyl groups excluding tert-OH is 1. The Labute approximate surface area is 331 Å². The molecule has 1 N–H and O–H groups in total. The van der Waals surface area contributed by atoms with Crippen LogP contribution in [-0.4, -0.2) is 36.4 Å². The molecule has 0 aliphatic rings. The fraction of sp³-hybridized carbons (Fsp3) is 0.958. The van der Waals surface area contributed by atoms with E-state index in [2.05, 4.69) is 13.8 Å². The summed E-state index contributed by atoms with van der Waals surface area (Å²) in [4.78, 5) is 24.3. The maximum atomic E-state index is 12.2. The van der Waals surface area contributed by atoms with Gasteiger partial charge in [-0.1, -0.05) is 251 Å². The maximum Gasteiger partial charge on any atom is 0.306 e. The van der Waals surface area contributed by atoms with Crippen molar-refractivity contribution in [2.75, 3.05) is 13.2 Å². The third-order valence-electron chi connectivity index (χ3n) is 11.2. The molecule has 1 atom stereocenters. The first-order chi connectivity index (χ1) is 26.1. The Hall–Kier alpha value is -1.10. The van der Waals surface area contributed by atoms with Crippen LogP contribution in [0.25, 0.3) is 0 Å². The van der Waals surface area contributed by atoms with Crippen molar-refractivity contribution in [3.63, 3.8) is 0 Å². The molecule has 0 spiro atoms. The first-order valence-electron chi connectivity index (χ1n) is 24.1. The number of esters is 2. The molecule has 0 aromatic heterocycles. The van der Waals surface area contributed by atoms with Crippen LogP contribution in [0.3, 0.4) is 0 Å². The highest BCUT2D eigenvalue weighted by Crippen LogP contribution is 2.17. The van der Waals surface area contributed by atoms with E-state index in [4.69, 9.17) is 9.47 Å². The number of unbranched alkanes of at least 4 members (excludes halogenated alkanes) is 37. The number of ether oxygens (including phenoxy) is 2. The molecule has 0 saturated heterocycles. The number of rotatable bonds is 45. The van der Waals surface area contributed by atoms with Gasteiger partial charge in [-0.2, -0.15) is 0 Å². The number of carbonyl (C=O) groups excluding carboxylic acids is 2. The van der Waals surface area contributed by atoms with Gasteiger partial charge in [-0.3, -0.25) is 9.59 Å². The van der Waals surface area contributed by atoms with Gasteiger partial charge in [0.1, 0.15) is 6.61 Å². The summed E-state index contributed by atoms with van der Waals surface area (Å²) in [5.74, 6) is -0.571. The second-order valence-electron chi connectivity index (χ2n) is 16.6. The quantitative estimate of drug-likeness (QED) is 0.0495. The Morgan fingerprint density at radius 1 is 0.358 bits per heavy atom. The van der Waals surface area contributed by atoms with E-state index in [1.54, 1.807) is 0 Å². The second-order valence-corrected chi connectivity index (χ2v) is 16.6. The van der Waals surface area contributed by atoms with Gasteiger partial charge in [0, 0.05) is 12.8 Å². The Morgan fingerprint density at radius 2 is 0.585 bits per heavy atom. The SMILES string of the molecule is CCCCCCCCCCCCCCCCCCCCCCCCCCCCCC(=O)OC(CO)COC(=O)CCCCCCCCCCCCCC. The predicted molar refractivity (Wildman–Crippen MR) is 229 cm³/mol. The number of hydrogen-bond acceptors (Lipinski definition) is 5. The minimum absolute atomic E-state index is 0.0567. The topological polar surface area (TPSA) is 72.8 Å². The van der Waals surface area contributed by atoms with Crippen LogP contribution in [0, 0.1) is 0 Å². The smallest absolute Gasteiger partial charge is 0.306 e. The zero-order valence-electron chi connectivity index (χ0n) is 36.1. The summed E-state index contributed by atoms with van der Waals surface area (Å²) in [6.07, 6.45) is 52.0. The van der Waals surface area contributed by atoms with Gasteiger partial charge in [0.15, 0.2) is 6.10 Å². The minimum Gasteiger partial charge on any atom is -0.462 e. The average Bonchev–Trinajstić information content (AvgIpc) is 3.16. The molecule has 0 aliphatic heterocycles. The average molecular weight is 751 g/mol. The lowest BCUT2D eigenvalue weighted by Crippen LogP contribution is -2.28. The van der Waals surface area contributed by atoms with Gasteiger partial charge in [0.25, 0.3) is 0 Å². The van der Waals surface area contributed by atoms with Gasteiger partial charge in [0.05, 0.1) is 6.61 Å². The number of hydrogen-bond donors (Lipinski definition) is 1. The molecule has 0 aliphatic carbocycles. The van der Waals surface area contributed by atoms with Crippen LogP contribution in [0.4, 0.5) is 0 Å². The van der Waals surface area contributed by atoms with Crippen molar-refractivity contribution in [1.29, 1.82) is 0 Å². The molecular formula is C48H94O5. The molecule has 0 aromatic carbocycles. The summed E-state index contributed by atoms with van der Waals surface area (Å²) in [7, 11) is 0. The highest BCUT2D eigenvalue weighted by Gasteiger charge is 2.16. The molecule has 0 radical (unpaired) electrons. The molecule has 0 fully saturated rings. The zero-order valence-corrected chi connectivity index (χ0v) is 36.1. The maximum absolute atomic E-state index is 12.2. The standard InChI is InChI=1S/C48H94O5/c1-3-5-7-9-11-13-15-17-18-19-20-21-22-23-24-25-26-27-28-29-30-31-33-35-37-39-41-43-48(51)53-46(44-49)45-52-47(50)42-40-38-36-34-32-16-14-12-10-8-6-4-2/h46,49H,3-45H2,1-2H3. The largest absolute Gasteiger partial charge is 0.462 e. The van der Waals surface area contributed by atoms with Crippen LogP contribution in [-0.2, 0) is 19.1 Å². The molecule has 0 rings (SSSR count). The van der Waals surface area contributed by atoms with E-state index in [-0.39, 0.29) is 25.2 Å². The predicted octanol–water partition coefficient (Wildman–Crippen LogP) is 15.5. The van der Waals surface area contributed by atoms with Crippen LogP contribution >= 0.6 is 0 Å². The monoisotopic (exact) mass is 751 g/mol. The number of aliphatic hydroxyl groups is 1. The third-order valence-corrected chi connectivity index (χ3v) is 11.2. The van der Waals surface area contributed by atoms with E-state index >= 15 is 0 Å². The van der Waals surface area contributed by atoms with E-state index in [0.29, 0.717) is 12.8 Å². The summed E-state index contributed by atoms with van der Waals surface area (Å²) in [6.45, 7) is 4.18. The lowest BCUT2D eigenvalue weighted by molar-refractivity contribution is -0.161. The first kappa shape index (κ1) is 51.9. The van der Waals surface area contributed by atoms with Gasteiger partial charge >= 0.3 is 11.9 Å². The van der Waals surface area contributed by atoms with Gasteiger partial charge in [-0.05, 0) is 12.8 Å². The molecule has 316 valence electrons. The van der Waals surface area contributed by atoms with Gasteiger partial charge < -0.3 is 14.6 Å². The molecule has 0 amide bonds. The summed E-state index contributed by atoms with van der Waals surface area (Å²) in [6, 6.07) is 0. The van der Waals surface area contributed by atoms with Crippen LogP contribution < -0.4 is 0 Å². The first-order valence-corrected chi connectivity index (χ1v) is 24.1. The van der Waals surface area contributed by atoms with Gasteiger partial charge in [-0.15, -0.1) is 0 Å². The summed E-state index contributed by atoms with van der Waals surface area (Å²) in [5.41, 5.74) is 0. The third kappa shape index (κ3) is 43.5. The van der Waals surface area contributed by atoms with Crippen LogP contribution in [0.1, 0.15) is 277 Å².